The number of aromatic nitrogens is 2. The Bertz CT molecular complexity index is 1000. The molecule has 0 atom stereocenters. The van der Waals surface area contributed by atoms with Crippen molar-refractivity contribution in [2.75, 3.05) is 5.32 Å². The number of carbonyl (C=O) groups excluding carboxylic acids is 1. The maximum absolute atomic E-state index is 12.2. The van der Waals surface area contributed by atoms with E-state index in [2.05, 4.69) is 15.3 Å². The highest BCUT2D eigenvalue weighted by Crippen LogP contribution is 2.27. The van der Waals surface area contributed by atoms with Crippen molar-refractivity contribution in [3.8, 4) is 0 Å². The number of nitrogens with one attached hydrogen (secondary N) is 2. The normalized spacial score (nSPS) is 15.6. The zero-order valence-corrected chi connectivity index (χ0v) is 13.2. The van der Waals surface area contributed by atoms with Crippen LogP contribution in [0, 0.1) is 0 Å². The molecular formula is C18H12ClN3O2. The smallest absolute Gasteiger partial charge is 0.226 e. The number of hydrogen-bond acceptors (Lipinski definition) is 4. The summed E-state index contributed by atoms with van der Waals surface area (Å²) in [5.41, 5.74) is 2.28. The Balaban J connectivity index is 1.59. The van der Waals surface area contributed by atoms with Crippen molar-refractivity contribution in [3.63, 3.8) is 0 Å². The summed E-state index contributed by atoms with van der Waals surface area (Å²) >= 11 is 6.10. The van der Waals surface area contributed by atoms with Gasteiger partial charge in [0.15, 0.2) is 5.76 Å². The summed E-state index contributed by atoms with van der Waals surface area (Å²) in [6.45, 7) is 0. The van der Waals surface area contributed by atoms with Gasteiger partial charge in [-0.05, 0) is 30.3 Å². The molecule has 0 spiro atoms. The van der Waals surface area contributed by atoms with E-state index in [1.165, 1.54) is 6.08 Å². The molecule has 3 aromatic rings. The van der Waals surface area contributed by atoms with E-state index in [9.17, 15) is 4.79 Å². The van der Waals surface area contributed by atoms with E-state index in [1.54, 1.807) is 24.5 Å². The van der Waals surface area contributed by atoms with Crippen LogP contribution in [0.2, 0.25) is 5.02 Å². The van der Waals surface area contributed by atoms with Gasteiger partial charge < -0.3 is 15.0 Å². The van der Waals surface area contributed by atoms with Crippen molar-refractivity contribution >= 4 is 40.2 Å². The standard InChI is InChI=1S/C18H12ClN3O2/c19-13-5-1-2-6-14(13)22-17-9-15(23)16(24-17)8-11-10-21-18-12(11)4-3-7-20-18/h1-10,22H,(H,20,21)/b16-8-. The molecule has 0 aliphatic carbocycles. The molecule has 5 nitrogen and oxygen atoms in total. The van der Waals surface area contributed by atoms with Gasteiger partial charge in [0.1, 0.15) is 5.65 Å². The number of carbonyl (C=O) groups is 1. The SMILES string of the molecule is O=C1C=C(Nc2ccccc2Cl)O/C1=C\c1c[nH]c2ncccc12. The molecule has 0 bridgehead atoms. The Kier molecular flexibility index (Phi) is 3.55. The molecular weight excluding hydrogens is 326 g/mol. The van der Waals surface area contributed by atoms with Gasteiger partial charge in [-0.25, -0.2) is 4.98 Å². The summed E-state index contributed by atoms with van der Waals surface area (Å²) < 4.78 is 5.62. The van der Waals surface area contributed by atoms with Crippen LogP contribution in [0.3, 0.4) is 0 Å². The summed E-state index contributed by atoms with van der Waals surface area (Å²) in [7, 11) is 0. The maximum atomic E-state index is 12.2. The number of rotatable bonds is 3. The first-order valence-electron chi connectivity index (χ1n) is 7.30. The first-order valence-corrected chi connectivity index (χ1v) is 7.68. The maximum Gasteiger partial charge on any atom is 0.226 e. The Morgan fingerprint density at radius 2 is 2.08 bits per heavy atom. The summed E-state index contributed by atoms with van der Waals surface area (Å²) in [6, 6.07) is 11.0. The largest absolute Gasteiger partial charge is 0.437 e. The minimum absolute atomic E-state index is 0.206. The predicted octanol–water partition coefficient (Wildman–Crippen LogP) is 4.11. The van der Waals surface area contributed by atoms with Crippen molar-refractivity contribution < 1.29 is 9.53 Å². The minimum Gasteiger partial charge on any atom is -0.437 e. The third-order valence-electron chi connectivity index (χ3n) is 3.63. The molecule has 4 rings (SSSR count). The number of allylic oxidation sites excluding steroid dienone is 1. The average Bonchev–Trinajstić information content (AvgIpc) is 3.14. The second-order valence-electron chi connectivity index (χ2n) is 5.23. The zero-order valence-electron chi connectivity index (χ0n) is 12.4. The van der Waals surface area contributed by atoms with E-state index in [1.807, 2.05) is 30.3 Å². The number of halogens is 1. The molecule has 1 aliphatic heterocycles. The van der Waals surface area contributed by atoms with E-state index < -0.39 is 0 Å². The molecule has 2 N–H and O–H groups in total. The van der Waals surface area contributed by atoms with Crippen molar-refractivity contribution in [3.05, 3.63) is 77.1 Å². The number of nitrogens with zero attached hydrogens (tertiary/aromatic N) is 1. The third-order valence-corrected chi connectivity index (χ3v) is 3.96. The fourth-order valence-corrected chi connectivity index (χ4v) is 2.67. The highest BCUT2D eigenvalue weighted by atomic mass is 35.5. The number of H-pyrrole nitrogens is 1. The van der Waals surface area contributed by atoms with Crippen molar-refractivity contribution in [2.45, 2.75) is 0 Å². The number of ether oxygens (including phenoxy) is 1. The highest BCUT2D eigenvalue weighted by Gasteiger charge is 2.22. The van der Waals surface area contributed by atoms with Crippen LogP contribution >= 0.6 is 11.6 Å². The number of aromatic amines is 1. The zero-order chi connectivity index (χ0) is 16.5. The van der Waals surface area contributed by atoms with Crippen molar-refractivity contribution in [1.29, 1.82) is 0 Å². The van der Waals surface area contributed by atoms with E-state index in [0.717, 1.165) is 16.6 Å². The summed E-state index contributed by atoms with van der Waals surface area (Å²) in [6.07, 6.45) is 6.60. The second kappa shape index (κ2) is 5.86. The van der Waals surface area contributed by atoms with Gasteiger partial charge in [0.2, 0.25) is 11.7 Å². The van der Waals surface area contributed by atoms with E-state index in [-0.39, 0.29) is 11.5 Å². The molecule has 24 heavy (non-hydrogen) atoms. The van der Waals surface area contributed by atoms with Crippen LogP contribution in [0.5, 0.6) is 0 Å². The number of ketones is 1. The number of para-hydroxylation sites is 1. The molecule has 1 aliphatic rings. The molecule has 0 amide bonds. The molecule has 0 fully saturated rings. The Hall–Kier alpha value is -3.05. The third kappa shape index (κ3) is 2.66. The summed E-state index contributed by atoms with van der Waals surface area (Å²) in [5, 5.41) is 4.49. The van der Waals surface area contributed by atoms with Crippen LogP contribution in [-0.2, 0) is 9.53 Å². The van der Waals surface area contributed by atoms with Gasteiger partial charge in [-0.15, -0.1) is 0 Å². The highest BCUT2D eigenvalue weighted by molar-refractivity contribution is 6.33. The number of benzene rings is 1. The number of fused-ring (bicyclic) bond motifs is 1. The molecule has 118 valence electrons. The van der Waals surface area contributed by atoms with Gasteiger partial charge in [-0.3, -0.25) is 4.79 Å². The molecule has 0 saturated carbocycles. The van der Waals surface area contributed by atoms with Gasteiger partial charge >= 0.3 is 0 Å². The van der Waals surface area contributed by atoms with Gasteiger partial charge in [-0.2, -0.15) is 0 Å². The van der Waals surface area contributed by atoms with Crippen LogP contribution < -0.4 is 5.32 Å². The fourth-order valence-electron chi connectivity index (χ4n) is 2.48. The summed E-state index contributed by atoms with van der Waals surface area (Å²) in [4.78, 5) is 19.4. The topological polar surface area (TPSA) is 67.0 Å². The van der Waals surface area contributed by atoms with Gasteiger partial charge in [0.05, 0.1) is 16.8 Å². The van der Waals surface area contributed by atoms with Gasteiger partial charge in [0, 0.05) is 23.3 Å². The average molecular weight is 338 g/mol. The van der Waals surface area contributed by atoms with E-state index in [0.29, 0.717) is 16.6 Å². The first-order chi connectivity index (χ1) is 11.7. The quantitative estimate of drug-likeness (QED) is 0.706. The number of hydrogen-bond donors (Lipinski definition) is 2. The van der Waals surface area contributed by atoms with Crippen molar-refractivity contribution in [1.82, 2.24) is 9.97 Å². The molecule has 0 radical (unpaired) electrons. The lowest BCUT2D eigenvalue weighted by atomic mass is 10.2. The minimum atomic E-state index is -0.206. The van der Waals surface area contributed by atoms with Gasteiger partial charge in [0.25, 0.3) is 0 Å². The number of pyridine rings is 1. The summed E-state index contributed by atoms with van der Waals surface area (Å²) in [5.74, 6) is 0.384. The number of anilines is 1. The molecule has 0 saturated heterocycles. The lowest BCUT2D eigenvalue weighted by Gasteiger charge is -2.08. The molecule has 3 heterocycles. The molecule has 6 heteroatoms. The molecule has 2 aromatic heterocycles. The van der Waals surface area contributed by atoms with Crippen LogP contribution in [0.15, 0.2) is 66.5 Å². The van der Waals surface area contributed by atoms with E-state index in [4.69, 9.17) is 16.3 Å². The van der Waals surface area contributed by atoms with Crippen LogP contribution in [-0.4, -0.2) is 15.8 Å². The van der Waals surface area contributed by atoms with Crippen LogP contribution in [0.25, 0.3) is 17.1 Å². The predicted molar refractivity (Wildman–Crippen MR) is 93.3 cm³/mol. The Morgan fingerprint density at radius 1 is 1.21 bits per heavy atom. The van der Waals surface area contributed by atoms with Crippen LogP contribution in [0.1, 0.15) is 5.56 Å². The second-order valence-corrected chi connectivity index (χ2v) is 5.64. The van der Waals surface area contributed by atoms with E-state index >= 15 is 0 Å². The Morgan fingerprint density at radius 3 is 2.96 bits per heavy atom. The van der Waals surface area contributed by atoms with Gasteiger partial charge in [-0.1, -0.05) is 23.7 Å². The monoisotopic (exact) mass is 337 g/mol. The fraction of sp³-hybridized carbons (Fsp3) is 0. The van der Waals surface area contributed by atoms with Crippen LogP contribution in [0.4, 0.5) is 5.69 Å². The first kappa shape index (κ1) is 14.5. The van der Waals surface area contributed by atoms with Crippen molar-refractivity contribution in [2.24, 2.45) is 0 Å². The lowest BCUT2D eigenvalue weighted by molar-refractivity contribution is -0.112. The lowest BCUT2D eigenvalue weighted by Crippen LogP contribution is -1.99. The Labute approximate surface area is 142 Å². The molecule has 0 unspecified atom stereocenters. The molecule has 1 aromatic carbocycles.